The first kappa shape index (κ1) is 23.4. The zero-order valence-corrected chi connectivity index (χ0v) is 19.7. The minimum atomic E-state index is -0.451. The Morgan fingerprint density at radius 2 is 1.85 bits per heavy atom. The van der Waals surface area contributed by atoms with Crippen LogP contribution in [0.4, 0.5) is 10.5 Å². The normalized spacial score (nSPS) is 16.6. The fraction of sp³-hybridized carbons (Fsp3) is 0.440. The lowest BCUT2D eigenvalue weighted by molar-refractivity contribution is -0.122. The molecule has 7 nitrogen and oxygen atoms in total. The minimum Gasteiger partial charge on any atom is -0.455 e. The van der Waals surface area contributed by atoms with Gasteiger partial charge < -0.3 is 9.64 Å². The summed E-state index contributed by atoms with van der Waals surface area (Å²) in [5, 5.41) is 0.493. The highest BCUT2D eigenvalue weighted by atomic mass is 35.5. The van der Waals surface area contributed by atoms with Crippen molar-refractivity contribution in [3.63, 3.8) is 0 Å². The molecule has 2 aromatic rings. The van der Waals surface area contributed by atoms with E-state index in [2.05, 4.69) is 22.7 Å². The second-order valence-electron chi connectivity index (χ2n) is 8.89. The third-order valence-corrected chi connectivity index (χ3v) is 6.44. The van der Waals surface area contributed by atoms with Crippen LogP contribution < -0.4 is 20.5 Å². The van der Waals surface area contributed by atoms with E-state index in [1.54, 1.807) is 18.2 Å². The van der Waals surface area contributed by atoms with Gasteiger partial charge in [-0.15, -0.1) is 0 Å². The van der Waals surface area contributed by atoms with Gasteiger partial charge in [-0.25, -0.2) is 10.2 Å². The van der Waals surface area contributed by atoms with Crippen LogP contribution in [-0.4, -0.2) is 36.5 Å². The van der Waals surface area contributed by atoms with Gasteiger partial charge in [0.2, 0.25) is 5.91 Å². The third-order valence-electron chi connectivity index (χ3n) is 6.21. The summed E-state index contributed by atoms with van der Waals surface area (Å²) in [7, 11) is 0. The number of rotatable bonds is 5. The maximum Gasteiger partial charge on any atom is 0.341 e. The van der Waals surface area contributed by atoms with Gasteiger partial charge in [0.05, 0.1) is 12.2 Å². The molecular weight excluding hydrogens is 440 g/mol. The summed E-state index contributed by atoms with van der Waals surface area (Å²) in [5.74, 6) is 1.24. The van der Waals surface area contributed by atoms with E-state index in [0.29, 0.717) is 28.6 Å². The number of piperidine rings is 1. The molecule has 0 aliphatic carbocycles. The van der Waals surface area contributed by atoms with Crippen molar-refractivity contribution in [2.45, 2.75) is 45.6 Å². The number of likely N-dealkylation sites (tertiary alicyclic amines) is 1. The molecule has 3 amide bonds. The van der Waals surface area contributed by atoms with E-state index in [1.807, 2.05) is 24.3 Å². The molecule has 2 N–H and O–H groups in total. The number of nitrogens with zero attached hydrogens (tertiary/aromatic N) is 2. The van der Waals surface area contributed by atoms with E-state index >= 15 is 0 Å². The second-order valence-corrected chi connectivity index (χ2v) is 9.32. The van der Waals surface area contributed by atoms with E-state index in [-0.39, 0.29) is 18.4 Å². The molecule has 1 unspecified atom stereocenters. The van der Waals surface area contributed by atoms with Crippen LogP contribution in [0.1, 0.15) is 44.6 Å². The molecule has 0 spiro atoms. The van der Waals surface area contributed by atoms with Crippen molar-refractivity contribution < 1.29 is 14.3 Å². The largest absolute Gasteiger partial charge is 0.455 e. The summed E-state index contributed by atoms with van der Waals surface area (Å²) in [5.41, 5.74) is 6.53. The van der Waals surface area contributed by atoms with Crippen molar-refractivity contribution in [2.24, 2.45) is 5.92 Å². The number of anilines is 1. The van der Waals surface area contributed by atoms with E-state index < -0.39 is 6.03 Å². The van der Waals surface area contributed by atoms with Gasteiger partial charge in [-0.2, -0.15) is 0 Å². The van der Waals surface area contributed by atoms with Crippen molar-refractivity contribution in [2.75, 3.05) is 24.5 Å². The fourth-order valence-electron chi connectivity index (χ4n) is 4.32. The number of hydrazine groups is 1. The SMILES string of the molecule is CC(CCN1CCCCC1)CC(=O)NNC(=O)N1Cc2ccccc2Oc2ccc(Cl)cc21. The first-order chi connectivity index (χ1) is 16.0. The lowest BCUT2D eigenvalue weighted by atomic mass is 10.0. The number of nitrogens with one attached hydrogen (secondary N) is 2. The van der Waals surface area contributed by atoms with Gasteiger partial charge in [0.1, 0.15) is 5.75 Å². The maximum atomic E-state index is 13.1. The van der Waals surface area contributed by atoms with Crippen molar-refractivity contribution in [3.05, 3.63) is 53.1 Å². The molecule has 33 heavy (non-hydrogen) atoms. The van der Waals surface area contributed by atoms with Crippen LogP contribution in [0, 0.1) is 5.92 Å². The van der Waals surface area contributed by atoms with E-state index in [9.17, 15) is 9.59 Å². The number of carbonyl (C=O) groups is 2. The predicted octanol–water partition coefficient (Wildman–Crippen LogP) is 5.10. The Labute approximate surface area is 200 Å². The van der Waals surface area contributed by atoms with Gasteiger partial charge in [0.15, 0.2) is 5.75 Å². The van der Waals surface area contributed by atoms with Crippen LogP contribution in [0.15, 0.2) is 42.5 Å². The maximum absolute atomic E-state index is 13.1. The lowest BCUT2D eigenvalue weighted by Gasteiger charge is -2.27. The predicted molar refractivity (Wildman–Crippen MR) is 130 cm³/mol. The number of fused-ring (bicyclic) bond motifs is 2. The number of para-hydroxylation sites is 1. The molecule has 1 fully saturated rings. The van der Waals surface area contributed by atoms with Crippen LogP contribution in [0.2, 0.25) is 5.02 Å². The van der Waals surface area contributed by atoms with Crippen molar-refractivity contribution in [1.82, 2.24) is 15.8 Å². The van der Waals surface area contributed by atoms with Gasteiger partial charge >= 0.3 is 6.03 Å². The Morgan fingerprint density at radius 3 is 2.67 bits per heavy atom. The summed E-state index contributed by atoms with van der Waals surface area (Å²) < 4.78 is 6.02. The Hall–Kier alpha value is -2.77. The molecule has 0 aromatic heterocycles. The number of amides is 3. The number of hydrogen-bond donors (Lipinski definition) is 2. The zero-order valence-electron chi connectivity index (χ0n) is 19.0. The highest BCUT2D eigenvalue weighted by Crippen LogP contribution is 2.40. The molecule has 1 saturated heterocycles. The smallest absolute Gasteiger partial charge is 0.341 e. The average molecular weight is 471 g/mol. The first-order valence-electron chi connectivity index (χ1n) is 11.6. The average Bonchev–Trinajstić information content (AvgIpc) is 2.98. The molecule has 2 aliphatic rings. The summed E-state index contributed by atoms with van der Waals surface area (Å²) >= 11 is 6.19. The molecule has 2 aromatic carbocycles. The molecule has 0 radical (unpaired) electrons. The Kier molecular flexibility index (Phi) is 7.73. The van der Waals surface area contributed by atoms with Gasteiger partial charge in [-0.1, -0.05) is 43.1 Å². The number of halogens is 1. The quantitative estimate of drug-likeness (QED) is 0.596. The Bertz CT molecular complexity index is 993. The Balaban J connectivity index is 1.34. The topological polar surface area (TPSA) is 73.9 Å². The zero-order chi connectivity index (χ0) is 23.2. The minimum absolute atomic E-state index is 0.202. The number of hydrogen-bond acceptors (Lipinski definition) is 4. The summed E-state index contributed by atoms with van der Waals surface area (Å²) in [6.07, 6.45) is 5.18. The van der Waals surface area contributed by atoms with Crippen LogP contribution in [-0.2, 0) is 11.3 Å². The molecule has 1 atom stereocenters. The molecule has 4 rings (SSSR count). The standard InChI is InChI=1S/C25H31ClN4O3/c1-18(11-14-29-12-5-2-6-13-29)15-24(31)27-28-25(32)30-17-19-7-3-4-8-22(19)33-23-10-9-20(26)16-21(23)30/h3-4,7-10,16,18H,2,5-6,11-15,17H2,1H3,(H,27,31)(H,28,32). The molecule has 2 aliphatic heterocycles. The molecule has 176 valence electrons. The highest BCUT2D eigenvalue weighted by molar-refractivity contribution is 6.31. The molecule has 8 heteroatoms. The third kappa shape index (κ3) is 6.18. The van der Waals surface area contributed by atoms with Gasteiger partial charge in [0, 0.05) is 17.0 Å². The van der Waals surface area contributed by atoms with E-state index in [1.165, 1.54) is 24.2 Å². The fourth-order valence-corrected chi connectivity index (χ4v) is 4.49. The summed E-state index contributed by atoms with van der Waals surface area (Å²) in [4.78, 5) is 29.5. The van der Waals surface area contributed by atoms with Crippen LogP contribution >= 0.6 is 11.6 Å². The number of ether oxygens (including phenoxy) is 1. The number of urea groups is 1. The van der Waals surface area contributed by atoms with Gasteiger partial charge in [-0.3, -0.25) is 15.1 Å². The van der Waals surface area contributed by atoms with E-state index in [0.717, 1.165) is 31.6 Å². The van der Waals surface area contributed by atoms with Gasteiger partial charge in [0.25, 0.3) is 0 Å². The first-order valence-corrected chi connectivity index (χ1v) is 12.0. The summed E-state index contributed by atoms with van der Waals surface area (Å²) in [6, 6.07) is 12.2. The molecular formula is C25H31ClN4O3. The van der Waals surface area contributed by atoms with Crippen molar-refractivity contribution in [1.29, 1.82) is 0 Å². The second kappa shape index (κ2) is 10.9. The molecule has 2 heterocycles. The number of benzene rings is 2. The molecule has 0 bridgehead atoms. The molecule has 0 saturated carbocycles. The monoisotopic (exact) mass is 470 g/mol. The van der Waals surface area contributed by atoms with Crippen LogP contribution in [0.25, 0.3) is 0 Å². The summed E-state index contributed by atoms with van der Waals surface area (Å²) in [6.45, 7) is 5.70. The van der Waals surface area contributed by atoms with Gasteiger partial charge in [-0.05, 0) is 69.1 Å². The lowest BCUT2D eigenvalue weighted by Crippen LogP contribution is -2.49. The Morgan fingerprint density at radius 1 is 1.06 bits per heavy atom. The van der Waals surface area contributed by atoms with E-state index in [4.69, 9.17) is 16.3 Å². The van der Waals surface area contributed by atoms with Crippen molar-refractivity contribution in [3.8, 4) is 11.5 Å². The van der Waals surface area contributed by atoms with Crippen molar-refractivity contribution >= 4 is 29.2 Å². The number of carbonyl (C=O) groups excluding carboxylic acids is 2. The highest BCUT2D eigenvalue weighted by Gasteiger charge is 2.26. The van der Waals surface area contributed by atoms with Crippen LogP contribution in [0.5, 0.6) is 11.5 Å². The van der Waals surface area contributed by atoms with Crippen LogP contribution in [0.3, 0.4) is 0 Å².